The lowest BCUT2D eigenvalue weighted by atomic mass is 10.1. The molecule has 0 spiro atoms. The molecule has 6 heteroatoms. The van der Waals surface area contributed by atoms with E-state index in [1.807, 2.05) is 78.9 Å². The summed E-state index contributed by atoms with van der Waals surface area (Å²) in [5.74, 6) is 1.65. The maximum absolute atomic E-state index is 12.8. The standard InChI is InChI=1S/C28H22N2O4/c1-32-23-14-15-26-25(17-23)30-28(34-26)20-10-12-22(13-11-20)29-27(31)21-8-5-9-24(16-21)33-18-19-6-3-2-4-7-19/h2-17H,18H2,1H3,(H,29,31). The second-order valence-electron chi connectivity index (χ2n) is 7.69. The highest BCUT2D eigenvalue weighted by atomic mass is 16.5. The van der Waals surface area contributed by atoms with E-state index in [4.69, 9.17) is 13.9 Å². The monoisotopic (exact) mass is 450 g/mol. The molecule has 0 atom stereocenters. The van der Waals surface area contributed by atoms with Gasteiger partial charge in [0.2, 0.25) is 5.89 Å². The van der Waals surface area contributed by atoms with Gasteiger partial charge in [0, 0.05) is 22.9 Å². The normalized spacial score (nSPS) is 10.7. The van der Waals surface area contributed by atoms with Gasteiger partial charge >= 0.3 is 0 Å². The summed E-state index contributed by atoms with van der Waals surface area (Å²) in [6.07, 6.45) is 0. The molecule has 1 N–H and O–H groups in total. The van der Waals surface area contributed by atoms with Crippen molar-refractivity contribution in [2.45, 2.75) is 6.61 Å². The summed E-state index contributed by atoms with van der Waals surface area (Å²) < 4.78 is 16.9. The molecule has 1 aromatic heterocycles. The van der Waals surface area contributed by atoms with Crippen molar-refractivity contribution < 1.29 is 18.7 Å². The summed E-state index contributed by atoms with van der Waals surface area (Å²) >= 11 is 0. The Morgan fingerprint density at radius 3 is 2.50 bits per heavy atom. The van der Waals surface area contributed by atoms with Gasteiger partial charge in [-0.1, -0.05) is 36.4 Å². The molecule has 0 aliphatic rings. The van der Waals surface area contributed by atoms with Crippen LogP contribution in [0.25, 0.3) is 22.6 Å². The van der Waals surface area contributed by atoms with Gasteiger partial charge in [0.25, 0.3) is 5.91 Å². The number of methoxy groups -OCH3 is 1. The molecule has 0 saturated heterocycles. The lowest BCUT2D eigenvalue weighted by Crippen LogP contribution is -2.11. The van der Waals surface area contributed by atoms with Crippen molar-refractivity contribution in [2.24, 2.45) is 0 Å². The molecular formula is C28H22N2O4. The SMILES string of the molecule is COc1ccc2oc(-c3ccc(NC(=O)c4cccc(OCc5ccccc5)c4)cc3)nc2c1. The van der Waals surface area contributed by atoms with Crippen molar-refractivity contribution >= 4 is 22.7 Å². The van der Waals surface area contributed by atoms with E-state index in [0.717, 1.165) is 22.4 Å². The molecule has 168 valence electrons. The van der Waals surface area contributed by atoms with Gasteiger partial charge in [-0.05, 0) is 60.2 Å². The lowest BCUT2D eigenvalue weighted by Gasteiger charge is -2.09. The number of carbonyl (C=O) groups excluding carboxylic acids is 1. The molecule has 0 bridgehead atoms. The average molecular weight is 450 g/mol. The maximum Gasteiger partial charge on any atom is 0.255 e. The molecule has 0 saturated carbocycles. The summed E-state index contributed by atoms with van der Waals surface area (Å²) in [5.41, 5.74) is 4.47. The number of nitrogens with zero attached hydrogens (tertiary/aromatic N) is 1. The van der Waals surface area contributed by atoms with Crippen LogP contribution in [0.2, 0.25) is 0 Å². The van der Waals surface area contributed by atoms with Gasteiger partial charge in [0.1, 0.15) is 23.6 Å². The Labute approximate surface area is 196 Å². The molecule has 5 rings (SSSR count). The molecule has 0 unspecified atom stereocenters. The fraction of sp³-hybridized carbons (Fsp3) is 0.0714. The zero-order valence-electron chi connectivity index (χ0n) is 18.5. The number of hydrogen-bond acceptors (Lipinski definition) is 5. The highest BCUT2D eigenvalue weighted by Gasteiger charge is 2.11. The van der Waals surface area contributed by atoms with Crippen molar-refractivity contribution in [2.75, 3.05) is 12.4 Å². The fourth-order valence-corrected chi connectivity index (χ4v) is 3.53. The Kier molecular flexibility index (Phi) is 5.95. The molecule has 34 heavy (non-hydrogen) atoms. The van der Waals surface area contributed by atoms with Crippen LogP contribution in [0.3, 0.4) is 0 Å². The van der Waals surface area contributed by atoms with Crippen LogP contribution in [0.4, 0.5) is 5.69 Å². The van der Waals surface area contributed by atoms with Gasteiger partial charge in [-0.25, -0.2) is 4.98 Å². The maximum atomic E-state index is 12.8. The number of anilines is 1. The predicted octanol–water partition coefficient (Wildman–Crippen LogP) is 6.33. The Hall–Kier alpha value is -4.58. The van der Waals surface area contributed by atoms with Crippen LogP contribution in [0.5, 0.6) is 11.5 Å². The van der Waals surface area contributed by atoms with E-state index in [2.05, 4.69) is 10.3 Å². The lowest BCUT2D eigenvalue weighted by molar-refractivity contribution is 0.102. The topological polar surface area (TPSA) is 73.6 Å². The van der Waals surface area contributed by atoms with Crippen LogP contribution < -0.4 is 14.8 Å². The minimum absolute atomic E-state index is 0.216. The minimum atomic E-state index is -0.216. The average Bonchev–Trinajstić information content (AvgIpc) is 3.32. The number of ether oxygens (including phenoxy) is 2. The second kappa shape index (κ2) is 9.50. The molecule has 6 nitrogen and oxygen atoms in total. The number of fused-ring (bicyclic) bond motifs is 1. The van der Waals surface area contributed by atoms with E-state index in [9.17, 15) is 4.79 Å². The van der Waals surface area contributed by atoms with Crippen molar-refractivity contribution in [3.8, 4) is 23.0 Å². The zero-order valence-corrected chi connectivity index (χ0v) is 18.5. The van der Waals surface area contributed by atoms with E-state index in [-0.39, 0.29) is 5.91 Å². The zero-order chi connectivity index (χ0) is 23.3. The number of oxazole rings is 1. The summed E-state index contributed by atoms with van der Waals surface area (Å²) in [4.78, 5) is 17.3. The molecule has 0 fully saturated rings. The first-order valence-corrected chi connectivity index (χ1v) is 10.8. The van der Waals surface area contributed by atoms with Gasteiger partial charge in [-0.15, -0.1) is 0 Å². The Morgan fingerprint density at radius 2 is 1.71 bits per heavy atom. The minimum Gasteiger partial charge on any atom is -0.497 e. The molecule has 1 amide bonds. The number of amides is 1. The molecule has 1 heterocycles. The van der Waals surface area contributed by atoms with Crippen molar-refractivity contribution in [1.82, 2.24) is 4.98 Å². The van der Waals surface area contributed by atoms with Crippen molar-refractivity contribution in [3.05, 3.63) is 108 Å². The van der Waals surface area contributed by atoms with Crippen LogP contribution in [0.15, 0.2) is 101 Å². The van der Waals surface area contributed by atoms with Gasteiger partial charge in [0.15, 0.2) is 5.58 Å². The number of rotatable bonds is 7. The third-order valence-electron chi connectivity index (χ3n) is 5.33. The summed E-state index contributed by atoms with van der Waals surface area (Å²) in [7, 11) is 1.61. The second-order valence-corrected chi connectivity index (χ2v) is 7.69. The van der Waals surface area contributed by atoms with Crippen LogP contribution >= 0.6 is 0 Å². The van der Waals surface area contributed by atoms with Crippen LogP contribution in [-0.4, -0.2) is 18.0 Å². The van der Waals surface area contributed by atoms with E-state index in [1.165, 1.54) is 0 Å². The number of carbonyl (C=O) groups is 1. The first kappa shape index (κ1) is 21.3. The van der Waals surface area contributed by atoms with Gasteiger partial charge in [-0.3, -0.25) is 4.79 Å². The first-order valence-electron chi connectivity index (χ1n) is 10.8. The molecule has 0 aliphatic carbocycles. The van der Waals surface area contributed by atoms with Crippen molar-refractivity contribution in [3.63, 3.8) is 0 Å². The number of aromatic nitrogens is 1. The van der Waals surface area contributed by atoms with Crippen LogP contribution in [-0.2, 0) is 6.61 Å². The number of hydrogen-bond donors (Lipinski definition) is 1. The smallest absolute Gasteiger partial charge is 0.255 e. The Morgan fingerprint density at radius 1 is 0.882 bits per heavy atom. The molecule has 5 aromatic rings. The predicted molar refractivity (Wildman–Crippen MR) is 131 cm³/mol. The van der Waals surface area contributed by atoms with Crippen molar-refractivity contribution in [1.29, 1.82) is 0 Å². The molecular weight excluding hydrogens is 428 g/mol. The van der Waals surface area contributed by atoms with E-state index in [1.54, 1.807) is 25.3 Å². The van der Waals surface area contributed by atoms with Gasteiger partial charge < -0.3 is 19.2 Å². The number of nitrogens with one attached hydrogen (secondary N) is 1. The molecule has 4 aromatic carbocycles. The van der Waals surface area contributed by atoms with Crippen LogP contribution in [0, 0.1) is 0 Å². The fourth-order valence-electron chi connectivity index (χ4n) is 3.53. The number of benzene rings is 4. The largest absolute Gasteiger partial charge is 0.497 e. The van der Waals surface area contributed by atoms with E-state index in [0.29, 0.717) is 35.1 Å². The van der Waals surface area contributed by atoms with Crippen LogP contribution in [0.1, 0.15) is 15.9 Å². The van der Waals surface area contributed by atoms with E-state index >= 15 is 0 Å². The third kappa shape index (κ3) is 4.76. The summed E-state index contributed by atoms with van der Waals surface area (Å²) in [6, 6.07) is 29.9. The van der Waals surface area contributed by atoms with E-state index < -0.39 is 0 Å². The Bertz CT molecular complexity index is 1430. The summed E-state index contributed by atoms with van der Waals surface area (Å²) in [5, 5.41) is 2.92. The molecule has 0 radical (unpaired) electrons. The third-order valence-corrected chi connectivity index (χ3v) is 5.33. The van der Waals surface area contributed by atoms with Gasteiger partial charge in [-0.2, -0.15) is 0 Å². The summed E-state index contributed by atoms with van der Waals surface area (Å²) in [6.45, 7) is 0.440. The highest BCUT2D eigenvalue weighted by Crippen LogP contribution is 2.28. The quantitative estimate of drug-likeness (QED) is 0.313. The highest BCUT2D eigenvalue weighted by molar-refractivity contribution is 6.04. The molecule has 0 aliphatic heterocycles. The first-order chi connectivity index (χ1) is 16.7. The van der Waals surface area contributed by atoms with Gasteiger partial charge in [0.05, 0.1) is 7.11 Å². The Balaban J connectivity index is 1.25.